The minimum atomic E-state index is -0.206. The quantitative estimate of drug-likeness (QED) is 0.453. The topological polar surface area (TPSA) is 44.2 Å². The van der Waals surface area contributed by atoms with Crippen molar-refractivity contribution in [3.8, 4) is 0 Å². The smallest absolute Gasteiger partial charge is 0.291 e. The Morgan fingerprint density at radius 1 is 1.42 bits per heavy atom. The van der Waals surface area contributed by atoms with Crippen LogP contribution in [0.2, 0.25) is 0 Å². The number of hydrogen-bond donors (Lipinski definition) is 0. The lowest BCUT2D eigenvalue weighted by Crippen LogP contribution is -2.40. The lowest BCUT2D eigenvalue weighted by molar-refractivity contribution is -0.674. The molecular formula is C15H17N3O. The molecule has 19 heavy (non-hydrogen) atoms. The number of rotatable bonds is 4. The van der Waals surface area contributed by atoms with Crippen molar-refractivity contribution in [3.63, 3.8) is 0 Å². The zero-order valence-corrected chi connectivity index (χ0v) is 11.2. The van der Waals surface area contributed by atoms with Crippen LogP contribution in [0.25, 0.3) is 6.08 Å². The molecule has 0 bridgehead atoms. The highest BCUT2D eigenvalue weighted by Gasteiger charge is 2.10. The molecule has 0 unspecified atom stereocenters. The second-order valence-electron chi connectivity index (χ2n) is 4.41. The molecule has 0 aliphatic carbocycles. The number of benzene rings is 1. The number of imidazole rings is 1. The molecule has 0 saturated heterocycles. The van der Waals surface area contributed by atoms with Crippen LogP contribution in [-0.4, -0.2) is 10.5 Å². The van der Waals surface area contributed by atoms with Gasteiger partial charge in [-0.3, -0.25) is 4.99 Å². The predicted molar refractivity (Wildman–Crippen MR) is 73.4 cm³/mol. The summed E-state index contributed by atoms with van der Waals surface area (Å²) in [5, 5.41) is 12.0. The van der Waals surface area contributed by atoms with Crippen LogP contribution in [0.3, 0.4) is 0 Å². The minimum Gasteiger partial charge on any atom is -0.853 e. The Labute approximate surface area is 113 Å². The van der Waals surface area contributed by atoms with E-state index >= 15 is 0 Å². The fourth-order valence-electron chi connectivity index (χ4n) is 1.88. The molecule has 4 heteroatoms. The molecule has 0 N–H and O–H groups in total. The molecule has 98 valence electrons. The molecule has 0 aliphatic rings. The lowest BCUT2D eigenvalue weighted by Gasteiger charge is -2.07. The molecule has 0 radical (unpaired) electrons. The Hall–Kier alpha value is -2.36. The molecule has 0 spiro atoms. The summed E-state index contributed by atoms with van der Waals surface area (Å²) in [6.07, 6.45) is 5.46. The average molecular weight is 255 g/mol. The highest BCUT2D eigenvalue weighted by Crippen LogP contribution is 2.06. The van der Waals surface area contributed by atoms with Crippen LogP contribution in [0.4, 0.5) is 0 Å². The van der Waals surface area contributed by atoms with Crippen molar-refractivity contribution in [2.24, 2.45) is 19.1 Å². The van der Waals surface area contributed by atoms with Crippen molar-refractivity contribution in [1.29, 1.82) is 0 Å². The molecule has 1 aromatic carbocycles. The van der Waals surface area contributed by atoms with Crippen LogP contribution in [0.1, 0.15) is 17.0 Å². The van der Waals surface area contributed by atoms with Gasteiger partial charge in [-0.2, -0.15) is 0 Å². The molecule has 1 aromatic heterocycles. The van der Waals surface area contributed by atoms with Gasteiger partial charge in [-0.15, -0.1) is 0 Å². The monoisotopic (exact) mass is 255 g/mol. The molecule has 0 aliphatic heterocycles. The van der Waals surface area contributed by atoms with E-state index in [0.717, 1.165) is 11.1 Å². The summed E-state index contributed by atoms with van der Waals surface area (Å²) in [6, 6.07) is 7.84. The first-order chi connectivity index (χ1) is 9.11. The average Bonchev–Trinajstić information content (AvgIpc) is 2.76. The van der Waals surface area contributed by atoms with Crippen molar-refractivity contribution in [1.82, 2.24) is 4.57 Å². The molecule has 2 rings (SSSR count). The Morgan fingerprint density at radius 3 is 2.63 bits per heavy atom. The number of aliphatic imine (C=N–C) groups is 1. The summed E-state index contributed by atoms with van der Waals surface area (Å²) in [5.41, 5.74) is 2.07. The van der Waals surface area contributed by atoms with E-state index in [2.05, 4.69) is 11.6 Å². The molecule has 1 heterocycles. The normalized spacial score (nSPS) is 11.6. The van der Waals surface area contributed by atoms with E-state index < -0.39 is 0 Å². The summed E-state index contributed by atoms with van der Waals surface area (Å²) in [5.74, 6) is 0.366. The van der Waals surface area contributed by atoms with Crippen LogP contribution >= 0.6 is 0 Å². The van der Waals surface area contributed by atoms with Crippen molar-refractivity contribution < 1.29 is 9.67 Å². The van der Waals surface area contributed by atoms with Gasteiger partial charge in [0.05, 0.1) is 26.5 Å². The van der Waals surface area contributed by atoms with E-state index in [1.165, 1.54) is 0 Å². The van der Waals surface area contributed by atoms with Crippen molar-refractivity contribution in [3.05, 3.63) is 60.2 Å². The van der Waals surface area contributed by atoms with Crippen LogP contribution in [0, 0.1) is 0 Å². The number of nitrogens with zero attached hydrogens (tertiary/aromatic N) is 3. The van der Waals surface area contributed by atoms with Crippen molar-refractivity contribution >= 4 is 12.0 Å². The highest BCUT2D eigenvalue weighted by molar-refractivity contribution is 5.85. The van der Waals surface area contributed by atoms with Crippen LogP contribution in [-0.2, 0) is 20.6 Å². The molecule has 0 saturated carbocycles. The van der Waals surface area contributed by atoms with E-state index in [-0.39, 0.29) is 5.90 Å². The van der Waals surface area contributed by atoms with Crippen LogP contribution in [0.5, 0.6) is 0 Å². The van der Waals surface area contributed by atoms with E-state index in [9.17, 15) is 5.11 Å². The molecule has 0 atom stereocenters. The number of hydrogen-bond acceptors (Lipinski definition) is 2. The summed E-state index contributed by atoms with van der Waals surface area (Å²) in [7, 11) is 3.67. The Balaban J connectivity index is 2.15. The number of aromatic nitrogens is 2. The summed E-state index contributed by atoms with van der Waals surface area (Å²) < 4.78 is 3.54. The summed E-state index contributed by atoms with van der Waals surface area (Å²) in [6.45, 7) is 4.10. The van der Waals surface area contributed by atoms with Gasteiger partial charge in [-0.25, -0.2) is 9.13 Å². The van der Waals surface area contributed by atoms with Gasteiger partial charge in [-0.1, -0.05) is 36.9 Å². The third kappa shape index (κ3) is 2.91. The minimum absolute atomic E-state index is 0.206. The van der Waals surface area contributed by atoms with E-state index in [4.69, 9.17) is 0 Å². The number of aryl methyl sites for hydroxylation is 2. The molecule has 0 amide bonds. The van der Waals surface area contributed by atoms with Gasteiger partial charge in [0.25, 0.3) is 5.82 Å². The Kier molecular flexibility index (Phi) is 3.80. The molecule has 4 nitrogen and oxygen atoms in total. The second kappa shape index (κ2) is 5.52. The zero-order valence-electron chi connectivity index (χ0n) is 11.2. The van der Waals surface area contributed by atoms with Gasteiger partial charge < -0.3 is 5.11 Å². The van der Waals surface area contributed by atoms with Crippen LogP contribution in [0.15, 0.2) is 48.2 Å². The first-order valence-corrected chi connectivity index (χ1v) is 6.06. The Morgan fingerprint density at radius 2 is 2.11 bits per heavy atom. The maximum Gasteiger partial charge on any atom is 0.291 e. The van der Waals surface area contributed by atoms with E-state index in [0.29, 0.717) is 12.4 Å². The molecule has 2 aromatic rings. The standard InChI is InChI=1S/C15H17N3O/c1-4-12-5-7-13(8-6-12)11-16-14(19)15-17(2)9-10-18(15)3/h4-10H,1,11H2,2-3H3. The third-order valence-electron chi connectivity index (χ3n) is 2.99. The first kappa shape index (κ1) is 13.1. The van der Waals surface area contributed by atoms with Crippen molar-refractivity contribution in [2.75, 3.05) is 0 Å². The Bertz CT molecular complexity index is 589. The van der Waals surface area contributed by atoms with Gasteiger partial charge >= 0.3 is 0 Å². The summed E-state index contributed by atoms with van der Waals surface area (Å²) in [4.78, 5) is 4.11. The van der Waals surface area contributed by atoms with Gasteiger partial charge in [0.15, 0.2) is 0 Å². The zero-order chi connectivity index (χ0) is 13.8. The van der Waals surface area contributed by atoms with Crippen molar-refractivity contribution in [2.45, 2.75) is 6.54 Å². The fourth-order valence-corrected chi connectivity index (χ4v) is 1.88. The van der Waals surface area contributed by atoms with Gasteiger partial charge in [0.1, 0.15) is 12.4 Å². The molecular weight excluding hydrogens is 238 g/mol. The fraction of sp³-hybridized carbons (Fsp3) is 0.200. The third-order valence-corrected chi connectivity index (χ3v) is 2.99. The highest BCUT2D eigenvalue weighted by atomic mass is 16.3. The maximum absolute atomic E-state index is 12.0. The second-order valence-corrected chi connectivity index (χ2v) is 4.41. The van der Waals surface area contributed by atoms with Gasteiger partial charge in [0.2, 0.25) is 0 Å². The summed E-state index contributed by atoms with van der Waals surface area (Å²) >= 11 is 0. The van der Waals surface area contributed by atoms with Crippen LogP contribution < -0.4 is 9.67 Å². The molecule has 0 fully saturated rings. The maximum atomic E-state index is 12.0. The van der Waals surface area contributed by atoms with E-state index in [1.807, 2.05) is 50.8 Å². The van der Waals surface area contributed by atoms with E-state index in [1.54, 1.807) is 15.2 Å². The predicted octanol–water partition coefficient (Wildman–Crippen LogP) is 0.800. The lowest BCUT2D eigenvalue weighted by atomic mass is 10.1. The largest absolute Gasteiger partial charge is 0.853 e. The SMILES string of the molecule is C=Cc1ccc(CN=C([O-])c2n(C)cc[n+]2C)cc1. The first-order valence-electron chi connectivity index (χ1n) is 6.06. The van der Waals surface area contributed by atoms with Gasteiger partial charge in [-0.05, 0) is 11.1 Å². The van der Waals surface area contributed by atoms with Gasteiger partial charge in [0, 0.05) is 0 Å².